The minimum absolute atomic E-state index is 0.181. The molecule has 1 aliphatic rings. The lowest BCUT2D eigenvalue weighted by Crippen LogP contribution is -2.60. The van der Waals surface area contributed by atoms with E-state index in [-0.39, 0.29) is 11.7 Å². The van der Waals surface area contributed by atoms with Gasteiger partial charge in [-0.1, -0.05) is 23.2 Å². The van der Waals surface area contributed by atoms with Gasteiger partial charge in [0.2, 0.25) is 16.0 Å². The average molecular weight is 405 g/mol. The zero-order chi connectivity index (χ0) is 17.7. The van der Waals surface area contributed by atoms with Gasteiger partial charge in [0.1, 0.15) is 0 Å². The Morgan fingerprint density at radius 1 is 1.38 bits per heavy atom. The minimum atomic E-state index is -3.58. The molecule has 0 bridgehead atoms. The molecule has 0 aromatic carbocycles. The molecule has 6 nitrogen and oxygen atoms in total. The quantitative estimate of drug-likeness (QED) is 0.804. The molecule has 0 amide bonds. The number of nitrogens with zero attached hydrogens (tertiary/aromatic N) is 2. The van der Waals surface area contributed by atoms with Gasteiger partial charge >= 0.3 is 0 Å². The molecule has 128 valence electrons. The SMILES string of the molecule is CN1C(=N)N[C@](C)(c2sc(-c3cncc(Cl)c3)cc2Cl)CS1(=O)=O. The van der Waals surface area contributed by atoms with Gasteiger partial charge in [0, 0.05) is 29.9 Å². The van der Waals surface area contributed by atoms with E-state index in [9.17, 15) is 8.42 Å². The van der Waals surface area contributed by atoms with Crippen molar-refractivity contribution in [2.45, 2.75) is 12.5 Å². The largest absolute Gasteiger partial charge is 0.344 e. The number of aromatic nitrogens is 1. The van der Waals surface area contributed by atoms with E-state index in [1.165, 1.54) is 24.6 Å². The van der Waals surface area contributed by atoms with E-state index >= 15 is 0 Å². The first-order valence-corrected chi connectivity index (χ1v) is 10.0. The highest BCUT2D eigenvalue weighted by molar-refractivity contribution is 7.89. The Kier molecular flexibility index (Phi) is 4.28. The molecule has 10 heteroatoms. The van der Waals surface area contributed by atoms with Crippen molar-refractivity contribution in [2.75, 3.05) is 12.8 Å². The molecule has 1 fully saturated rings. The number of thiophene rings is 1. The number of rotatable bonds is 2. The maximum absolute atomic E-state index is 12.3. The third kappa shape index (κ3) is 2.99. The van der Waals surface area contributed by atoms with Gasteiger partial charge in [-0.3, -0.25) is 10.4 Å². The monoisotopic (exact) mass is 404 g/mol. The summed E-state index contributed by atoms with van der Waals surface area (Å²) in [4.78, 5) is 5.54. The van der Waals surface area contributed by atoms with E-state index < -0.39 is 15.6 Å². The lowest BCUT2D eigenvalue weighted by molar-refractivity contribution is 0.424. The molecule has 0 spiro atoms. The van der Waals surface area contributed by atoms with Crippen LogP contribution in [0, 0.1) is 5.41 Å². The molecule has 3 rings (SSSR count). The highest BCUT2D eigenvalue weighted by Crippen LogP contribution is 2.42. The van der Waals surface area contributed by atoms with Crippen molar-refractivity contribution in [1.82, 2.24) is 14.6 Å². The van der Waals surface area contributed by atoms with Crippen molar-refractivity contribution in [2.24, 2.45) is 0 Å². The summed E-state index contributed by atoms with van der Waals surface area (Å²) in [5, 5.41) is 11.8. The summed E-state index contributed by atoms with van der Waals surface area (Å²) in [5.41, 5.74) is -0.177. The Hall–Kier alpha value is -1.35. The first-order valence-electron chi connectivity index (χ1n) is 6.86. The van der Waals surface area contributed by atoms with Gasteiger partial charge in [-0.2, -0.15) is 0 Å². The van der Waals surface area contributed by atoms with Gasteiger partial charge < -0.3 is 5.32 Å². The van der Waals surface area contributed by atoms with E-state index in [0.717, 1.165) is 14.7 Å². The smallest absolute Gasteiger partial charge is 0.239 e. The van der Waals surface area contributed by atoms with Crippen LogP contribution >= 0.6 is 34.5 Å². The zero-order valence-corrected chi connectivity index (χ0v) is 15.9. The van der Waals surface area contributed by atoms with Crippen molar-refractivity contribution >= 4 is 50.5 Å². The normalized spacial score (nSPS) is 23.2. The van der Waals surface area contributed by atoms with Crippen molar-refractivity contribution in [3.63, 3.8) is 0 Å². The molecule has 1 atom stereocenters. The van der Waals surface area contributed by atoms with Gasteiger partial charge in [-0.05, 0) is 19.1 Å². The number of hydrogen-bond acceptors (Lipinski definition) is 5. The van der Waals surface area contributed by atoms with Crippen LogP contribution in [-0.4, -0.2) is 36.5 Å². The number of nitrogens with one attached hydrogen (secondary N) is 2. The van der Waals surface area contributed by atoms with E-state index in [1.807, 2.05) is 0 Å². The molecule has 2 aromatic heterocycles. The number of halogens is 2. The summed E-state index contributed by atoms with van der Waals surface area (Å²) in [7, 11) is -2.23. The molecule has 24 heavy (non-hydrogen) atoms. The highest BCUT2D eigenvalue weighted by atomic mass is 35.5. The van der Waals surface area contributed by atoms with Gasteiger partial charge in [0.15, 0.2) is 0 Å². The predicted molar refractivity (Wildman–Crippen MR) is 97.3 cm³/mol. The first kappa shape index (κ1) is 17.5. The molecular formula is C14H14Cl2N4O2S2. The first-order chi connectivity index (χ1) is 11.1. The zero-order valence-electron chi connectivity index (χ0n) is 12.8. The maximum Gasteiger partial charge on any atom is 0.239 e. The Labute approximate surface area is 154 Å². The maximum atomic E-state index is 12.3. The van der Waals surface area contributed by atoms with Gasteiger partial charge in [0.25, 0.3) is 0 Å². The van der Waals surface area contributed by atoms with Crippen LogP contribution in [-0.2, 0) is 15.6 Å². The molecule has 1 saturated heterocycles. The van der Waals surface area contributed by atoms with Crippen LogP contribution in [0.4, 0.5) is 0 Å². The molecule has 3 heterocycles. The van der Waals surface area contributed by atoms with E-state index in [0.29, 0.717) is 14.9 Å². The van der Waals surface area contributed by atoms with Crippen LogP contribution in [0.15, 0.2) is 24.5 Å². The lowest BCUT2D eigenvalue weighted by atomic mass is 10.0. The Balaban J connectivity index is 2.06. The second-order valence-electron chi connectivity index (χ2n) is 5.71. The molecule has 2 aromatic rings. The predicted octanol–water partition coefficient (Wildman–Crippen LogP) is 3.13. The highest BCUT2D eigenvalue weighted by Gasteiger charge is 2.43. The van der Waals surface area contributed by atoms with Crippen LogP contribution in [0.3, 0.4) is 0 Å². The summed E-state index contributed by atoms with van der Waals surface area (Å²) in [6, 6.07) is 3.53. The fraction of sp³-hybridized carbons (Fsp3) is 0.286. The second kappa shape index (κ2) is 5.87. The third-order valence-electron chi connectivity index (χ3n) is 3.77. The van der Waals surface area contributed by atoms with Crippen molar-refractivity contribution in [3.05, 3.63) is 39.4 Å². The van der Waals surface area contributed by atoms with E-state index in [1.54, 1.807) is 25.3 Å². The number of guanidine groups is 1. The number of hydrogen-bond donors (Lipinski definition) is 2. The Bertz CT molecular complexity index is 929. The van der Waals surface area contributed by atoms with Gasteiger partial charge in [0.05, 0.1) is 26.2 Å². The summed E-state index contributed by atoms with van der Waals surface area (Å²) in [6.45, 7) is 1.73. The third-order valence-corrected chi connectivity index (χ3v) is 7.80. The van der Waals surface area contributed by atoms with Crippen LogP contribution in [0.5, 0.6) is 0 Å². The Morgan fingerprint density at radius 2 is 2.08 bits per heavy atom. The van der Waals surface area contributed by atoms with Gasteiger partial charge in [-0.25, -0.2) is 12.7 Å². The van der Waals surface area contributed by atoms with Crippen LogP contribution in [0.2, 0.25) is 10.0 Å². The summed E-state index contributed by atoms with van der Waals surface area (Å²) >= 11 is 13.7. The summed E-state index contributed by atoms with van der Waals surface area (Å²) < 4.78 is 25.5. The number of sulfonamides is 1. The standard InChI is InChI=1S/C14H14Cl2N4O2S2/c1-14(7-24(21,22)20(2)13(17)19-14)12-10(16)4-11(23-12)8-3-9(15)6-18-5-8/h3-6H,7H2,1-2H3,(H2,17,19)/t14-/m0/s1. The second-order valence-corrected chi connectivity index (χ2v) is 9.61. The van der Waals surface area contributed by atoms with Crippen molar-refractivity contribution in [1.29, 1.82) is 5.41 Å². The van der Waals surface area contributed by atoms with Gasteiger partial charge in [-0.15, -0.1) is 11.3 Å². The van der Waals surface area contributed by atoms with E-state index in [2.05, 4.69) is 10.3 Å². The molecule has 0 unspecified atom stereocenters. The fourth-order valence-corrected chi connectivity index (χ4v) is 5.89. The van der Waals surface area contributed by atoms with Crippen LogP contribution in [0.1, 0.15) is 11.8 Å². The molecule has 0 radical (unpaired) electrons. The number of pyridine rings is 1. The molecule has 0 saturated carbocycles. The topological polar surface area (TPSA) is 86.2 Å². The Morgan fingerprint density at radius 3 is 2.71 bits per heavy atom. The fourth-order valence-electron chi connectivity index (χ4n) is 2.53. The van der Waals surface area contributed by atoms with Crippen molar-refractivity contribution in [3.8, 4) is 10.4 Å². The lowest BCUT2D eigenvalue weighted by Gasteiger charge is -2.39. The average Bonchev–Trinajstić information content (AvgIpc) is 2.87. The molecule has 0 aliphatic carbocycles. The van der Waals surface area contributed by atoms with Crippen molar-refractivity contribution < 1.29 is 8.42 Å². The molecule has 1 aliphatic heterocycles. The minimum Gasteiger partial charge on any atom is -0.344 e. The summed E-state index contributed by atoms with van der Waals surface area (Å²) in [6.07, 6.45) is 3.20. The van der Waals surface area contributed by atoms with Crippen LogP contribution < -0.4 is 5.32 Å². The van der Waals surface area contributed by atoms with E-state index in [4.69, 9.17) is 28.6 Å². The summed E-state index contributed by atoms with van der Waals surface area (Å²) in [5.74, 6) is -0.369. The molecular weight excluding hydrogens is 391 g/mol. The molecule has 2 N–H and O–H groups in total. The van der Waals surface area contributed by atoms with Crippen LogP contribution in [0.25, 0.3) is 10.4 Å².